The van der Waals surface area contributed by atoms with Crippen molar-refractivity contribution in [2.24, 2.45) is 0 Å². The Morgan fingerprint density at radius 2 is 1.67 bits per heavy atom. The Morgan fingerprint density at radius 1 is 1.07 bits per heavy atom. The zero-order chi connectivity index (χ0) is 11.4. The molecule has 0 N–H and O–H groups in total. The van der Waals surface area contributed by atoms with Crippen LogP contribution in [0.1, 0.15) is 63.5 Å². The summed E-state index contributed by atoms with van der Waals surface area (Å²) in [5.74, 6) is 1.30. The van der Waals surface area contributed by atoms with Gasteiger partial charge in [0.2, 0.25) is 0 Å². The molecule has 1 rings (SSSR count). The molecule has 1 aromatic carbocycles. The third-order valence-electron chi connectivity index (χ3n) is 3.39. The molecule has 1 aromatic rings. The molecule has 0 aliphatic rings. The zero-order valence-corrected chi connectivity index (χ0v) is 11.3. The molecule has 0 bridgehead atoms. The first-order valence-electron chi connectivity index (χ1n) is 5.96. The lowest BCUT2D eigenvalue weighted by Gasteiger charge is -2.21. The van der Waals surface area contributed by atoms with Gasteiger partial charge in [0.25, 0.3) is 0 Å². The van der Waals surface area contributed by atoms with Gasteiger partial charge in [-0.3, -0.25) is 0 Å². The molecule has 0 amide bonds. The lowest BCUT2D eigenvalue weighted by atomic mass is 9.86. The fraction of sp³-hybridized carbons (Fsp3) is 0.571. The van der Waals surface area contributed by atoms with Crippen molar-refractivity contribution in [3.8, 4) is 0 Å². The molecule has 0 heterocycles. The van der Waals surface area contributed by atoms with Crippen molar-refractivity contribution in [1.82, 2.24) is 0 Å². The Bertz CT molecular complexity index is 317. The molecule has 15 heavy (non-hydrogen) atoms. The molecule has 3 radical (unpaired) electrons. The van der Waals surface area contributed by atoms with E-state index < -0.39 is 0 Å². The summed E-state index contributed by atoms with van der Waals surface area (Å²) in [6.07, 6.45) is 2.41. The molecule has 81 valence electrons. The highest BCUT2D eigenvalue weighted by atomic mass is 28.1. The van der Waals surface area contributed by atoms with E-state index in [9.17, 15) is 0 Å². The van der Waals surface area contributed by atoms with Gasteiger partial charge in [0, 0.05) is 0 Å². The minimum absolute atomic E-state index is 0.641. The molecule has 0 aliphatic carbocycles. The molecule has 2 atom stereocenters. The minimum Gasteiger partial charge on any atom is -0.0648 e. The van der Waals surface area contributed by atoms with Crippen molar-refractivity contribution < 1.29 is 0 Å². The van der Waals surface area contributed by atoms with Crippen LogP contribution >= 0.6 is 0 Å². The van der Waals surface area contributed by atoms with E-state index in [-0.39, 0.29) is 0 Å². The summed E-state index contributed by atoms with van der Waals surface area (Å²) in [5.41, 5.74) is 3.02. The van der Waals surface area contributed by atoms with Crippen LogP contribution in [-0.2, 0) is 0 Å². The van der Waals surface area contributed by atoms with Crippen molar-refractivity contribution in [1.29, 1.82) is 0 Å². The van der Waals surface area contributed by atoms with Crippen molar-refractivity contribution in [3.63, 3.8) is 0 Å². The van der Waals surface area contributed by atoms with Crippen LogP contribution in [0.25, 0.3) is 0 Å². The summed E-state index contributed by atoms with van der Waals surface area (Å²) in [6, 6.07) is 6.58. The van der Waals surface area contributed by atoms with E-state index in [1.165, 1.54) is 29.2 Å². The summed E-state index contributed by atoms with van der Waals surface area (Å²) >= 11 is 0. The van der Waals surface area contributed by atoms with Crippen LogP contribution in [0.15, 0.2) is 18.2 Å². The molecule has 1 heteroatoms. The summed E-state index contributed by atoms with van der Waals surface area (Å²) in [6.45, 7) is 9.13. The average Bonchev–Trinajstić information content (AvgIpc) is 2.26. The first kappa shape index (κ1) is 12.5. The highest BCUT2D eigenvalue weighted by molar-refractivity contribution is 6.33. The molecule has 2 unspecified atom stereocenters. The number of hydrogen-bond donors (Lipinski definition) is 0. The van der Waals surface area contributed by atoms with E-state index in [1.54, 1.807) is 0 Å². The topological polar surface area (TPSA) is 0 Å². The number of benzene rings is 1. The van der Waals surface area contributed by atoms with Crippen molar-refractivity contribution in [2.75, 3.05) is 0 Å². The Morgan fingerprint density at radius 3 is 2.20 bits per heavy atom. The summed E-state index contributed by atoms with van der Waals surface area (Å²) in [7, 11) is 3.74. The molecule has 0 spiro atoms. The maximum absolute atomic E-state index is 3.74. The molecular formula is C14H21Si. The largest absolute Gasteiger partial charge is 0.0715 e. The highest BCUT2D eigenvalue weighted by Gasteiger charge is 2.14. The molecule has 0 fully saturated rings. The standard InChI is InChI=1S/C14H21Si/c1-5-10(3)12-8-7-9-13(15)14(12)11(4)6-2/h7-11H,5-6H2,1-4H3. The van der Waals surface area contributed by atoms with Crippen LogP contribution in [0, 0.1) is 0 Å². The summed E-state index contributed by atoms with van der Waals surface area (Å²) in [5, 5.41) is 1.27. The SMILES string of the molecule is CCC(C)c1cccc([Si])c1C(C)CC. The second kappa shape index (κ2) is 5.50. The van der Waals surface area contributed by atoms with Gasteiger partial charge in [-0.1, -0.05) is 51.1 Å². The van der Waals surface area contributed by atoms with Gasteiger partial charge in [0.05, 0.1) is 10.2 Å². The Hall–Kier alpha value is -0.563. The Balaban J connectivity index is 3.19. The first-order valence-corrected chi connectivity index (χ1v) is 6.46. The van der Waals surface area contributed by atoms with Crippen LogP contribution in [0.3, 0.4) is 0 Å². The molecule has 0 aliphatic heterocycles. The molecule has 0 aromatic heterocycles. The summed E-state index contributed by atoms with van der Waals surface area (Å²) < 4.78 is 0. The summed E-state index contributed by atoms with van der Waals surface area (Å²) in [4.78, 5) is 0. The second-order valence-electron chi connectivity index (χ2n) is 4.43. The van der Waals surface area contributed by atoms with Crippen molar-refractivity contribution in [3.05, 3.63) is 29.3 Å². The van der Waals surface area contributed by atoms with Crippen LogP contribution in [0.5, 0.6) is 0 Å². The van der Waals surface area contributed by atoms with Gasteiger partial charge >= 0.3 is 0 Å². The normalized spacial score (nSPS) is 15.0. The van der Waals surface area contributed by atoms with Crippen molar-refractivity contribution in [2.45, 2.75) is 52.4 Å². The van der Waals surface area contributed by atoms with Gasteiger partial charge in [-0.2, -0.15) is 0 Å². The van der Waals surface area contributed by atoms with Gasteiger partial charge in [-0.05, 0) is 35.8 Å². The van der Waals surface area contributed by atoms with E-state index in [4.69, 9.17) is 0 Å². The fourth-order valence-electron chi connectivity index (χ4n) is 1.99. The lowest BCUT2D eigenvalue weighted by Crippen LogP contribution is -2.16. The third kappa shape index (κ3) is 2.72. The van der Waals surface area contributed by atoms with Crippen LogP contribution in [0.4, 0.5) is 0 Å². The van der Waals surface area contributed by atoms with E-state index in [1.807, 2.05) is 0 Å². The van der Waals surface area contributed by atoms with Crippen molar-refractivity contribution >= 4 is 15.4 Å². The Kier molecular flexibility index (Phi) is 4.59. The maximum Gasteiger partial charge on any atom is 0.0715 e. The van der Waals surface area contributed by atoms with Gasteiger partial charge in [0.15, 0.2) is 0 Å². The molecule has 0 nitrogen and oxygen atoms in total. The maximum atomic E-state index is 3.74. The monoisotopic (exact) mass is 217 g/mol. The Labute approximate surface area is 97.5 Å². The van der Waals surface area contributed by atoms with E-state index in [0.29, 0.717) is 11.8 Å². The molecule has 0 saturated heterocycles. The molecule has 0 saturated carbocycles. The quantitative estimate of drug-likeness (QED) is 0.677. The van der Waals surface area contributed by atoms with E-state index in [2.05, 4.69) is 56.1 Å². The second-order valence-corrected chi connectivity index (χ2v) is 4.97. The van der Waals surface area contributed by atoms with Crippen LogP contribution in [0.2, 0.25) is 0 Å². The van der Waals surface area contributed by atoms with E-state index in [0.717, 1.165) is 0 Å². The number of rotatable bonds is 4. The smallest absolute Gasteiger partial charge is 0.0648 e. The van der Waals surface area contributed by atoms with Gasteiger partial charge in [0.1, 0.15) is 0 Å². The first-order chi connectivity index (χ1) is 7.11. The zero-order valence-electron chi connectivity index (χ0n) is 10.3. The highest BCUT2D eigenvalue weighted by Crippen LogP contribution is 2.28. The van der Waals surface area contributed by atoms with E-state index >= 15 is 0 Å². The average molecular weight is 217 g/mol. The predicted molar refractivity (Wildman–Crippen MR) is 69.2 cm³/mol. The number of hydrogen-bond acceptors (Lipinski definition) is 0. The van der Waals surface area contributed by atoms with Crippen LogP contribution < -0.4 is 5.19 Å². The predicted octanol–water partition coefficient (Wildman–Crippen LogP) is 3.51. The third-order valence-corrected chi connectivity index (χ3v) is 3.82. The van der Waals surface area contributed by atoms with Gasteiger partial charge in [-0.25, -0.2) is 0 Å². The lowest BCUT2D eigenvalue weighted by molar-refractivity contribution is 0.680. The minimum atomic E-state index is 0.641. The van der Waals surface area contributed by atoms with Gasteiger partial charge in [-0.15, -0.1) is 0 Å². The molecular weight excluding hydrogens is 196 g/mol. The fourth-order valence-corrected chi connectivity index (χ4v) is 2.47. The van der Waals surface area contributed by atoms with Gasteiger partial charge < -0.3 is 0 Å². The van der Waals surface area contributed by atoms with Crippen LogP contribution in [-0.4, -0.2) is 10.2 Å².